The maximum Gasteiger partial charge on any atom is 0.410 e. The van der Waals surface area contributed by atoms with Gasteiger partial charge in [-0.05, 0) is 108 Å². The summed E-state index contributed by atoms with van der Waals surface area (Å²) in [4.78, 5) is 22.3. The molecular weight excluding hydrogens is 703 g/mol. The number of nitrogens with two attached hydrogens (primary N) is 1. The molecule has 2 atom stereocenters. The highest BCUT2D eigenvalue weighted by Gasteiger charge is 2.54. The van der Waals surface area contributed by atoms with Gasteiger partial charge < -0.3 is 30.1 Å². The molecule has 0 radical (unpaired) electrons. The first-order chi connectivity index (χ1) is 26.8. The molecule has 2 unspecified atom stereocenters. The molecule has 6 aliphatic rings. The van der Waals surface area contributed by atoms with E-state index in [1.165, 1.54) is 32.1 Å². The van der Waals surface area contributed by atoms with E-state index < -0.39 is 5.60 Å². The minimum absolute atomic E-state index is 0.0165. The van der Waals surface area contributed by atoms with Crippen molar-refractivity contribution in [2.75, 3.05) is 76.1 Å². The quantitative estimate of drug-likeness (QED) is 0.289. The van der Waals surface area contributed by atoms with E-state index in [0.717, 1.165) is 84.0 Å². The van der Waals surface area contributed by atoms with Gasteiger partial charge in [-0.2, -0.15) is 0 Å². The highest BCUT2D eigenvalue weighted by molar-refractivity contribution is 5.74. The molecule has 8 rings (SSSR count). The average Bonchev–Trinajstić information content (AvgIpc) is 3.36. The fourth-order valence-corrected chi connectivity index (χ4v) is 9.97. The van der Waals surface area contributed by atoms with E-state index in [4.69, 9.17) is 15.2 Å². The number of rotatable bonds is 5. The number of likely N-dealkylation sites (tertiary alicyclic amines) is 2. The monoisotopic (exact) mass is 776 g/mol. The summed E-state index contributed by atoms with van der Waals surface area (Å²) in [5.41, 5.74) is 8.58. The Morgan fingerprint density at radius 3 is 2.23 bits per heavy atom. The van der Waals surface area contributed by atoms with E-state index in [-0.39, 0.29) is 17.4 Å². The van der Waals surface area contributed by atoms with Crippen LogP contribution in [0.3, 0.4) is 0 Å². The molecule has 2 bridgehead atoms. The molecule has 1 aromatic carbocycles. The predicted octanol–water partition coefficient (Wildman–Crippen LogP) is 8.09. The molecule has 6 fully saturated rings. The standard InChI is InChI=1S/C37H53N7O4.C3H8.C3H6.C2H6/c1-35(2,3)48-34(46)42-12-10-36(11-13-42)17-27(18-36)43-14-15-47-37(24-43)22-41(23-37)21-29-25-8-9-26(29)20-44(19-25)31-16-30(39-40-33(31)38)28-6-4-5-7-32(28)45;2*1-3-2;1-2/h4-7,16,25-27,29,45H,8-15,17-24H2,1-3H3,(H2,38,40);3H2,1-2H3;3H,1H2,2H3;1-2H3. The molecule has 1 aromatic heterocycles. The lowest BCUT2D eigenvalue weighted by Gasteiger charge is -2.60. The number of aromatic nitrogens is 2. The number of nitrogens with zero attached hydrogens (tertiary/aromatic N) is 6. The molecule has 4 saturated heterocycles. The molecular formula is C45H73N7O4. The van der Waals surface area contributed by atoms with Crippen LogP contribution in [-0.4, -0.2) is 119 Å². The largest absolute Gasteiger partial charge is 0.507 e. The molecule has 3 N–H and O–H groups in total. The summed E-state index contributed by atoms with van der Waals surface area (Å²) in [6, 6.07) is 9.91. The van der Waals surface area contributed by atoms with Crippen LogP contribution in [0, 0.1) is 23.2 Å². The second-order valence-electron chi connectivity index (χ2n) is 18.0. The lowest BCUT2D eigenvalue weighted by Crippen LogP contribution is -2.72. The van der Waals surface area contributed by atoms with E-state index in [1.807, 2.05) is 70.7 Å². The smallest absolute Gasteiger partial charge is 0.410 e. The summed E-state index contributed by atoms with van der Waals surface area (Å²) in [6.07, 6.45) is 10.1. The number of ether oxygens (including phenoxy) is 2. The minimum Gasteiger partial charge on any atom is -0.507 e. The highest BCUT2D eigenvalue weighted by atomic mass is 16.6. The van der Waals surface area contributed by atoms with Crippen molar-refractivity contribution in [2.45, 2.75) is 118 Å². The van der Waals surface area contributed by atoms with Gasteiger partial charge in [0.2, 0.25) is 0 Å². The zero-order chi connectivity index (χ0) is 40.7. The van der Waals surface area contributed by atoms with Crippen molar-refractivity contribution >= 4 is 17.6 Å². The zero-order valence-corrected chi connectivity index (χ0v) is 35.9. The maximum atomic E-state index is 12.6. The molecule has 11 nitrogen and oxygen atoms in total. The van der Waals surface area contributed by atoms with Crippen LogP contribution in [-0.2, 0) is 9.47 Å². The fraction of sp³-hybridized carbons (Fsp3) is 0.711. The normalized spacial score (nSPS) is 25.3. The fourth-order valence-electron chi connectivity index (χ4n) is 9.97. The second-order valence-corrected chi connectivity index (χ2v) is 18.0. The van der Waals surface area contributed by atoms with Crippen LogP contribution in [0.2, 0.25) is 0 Å². The molecule has 11 heteroatoms. The van der Waals surface area contributed by atoms with Crippen molar-refractivity contribution in [2.24, 2.45) is 23.2 Å². The summed E-state index contributed by atoms with van der Waals surface area (Å²) in [5.74, 6) is 2.63. The summed E-state index contributed by atoms with van der Waals surface area (Å²) in [7, 11) is 0. The third-order valence-electron chi connectivity index (χ3n) is 12.5. The van der Waals surface area contributed by atoms with E-state index in [9.17, 15) is 9.90 Å². The van der Waals surface area contributed by atoms with Gasteiger partial charge in [0, 0.05) is 70.5 Å². The van der Waals surface area contributed by atoms with E-state index >= 15 is 0 Å². The van der Waals surface area contributed by atoms with Gasteiger partial charge in [-0.1, -0.05) is 52.3 Å². The molecule has 2 spiro atoms. The molecule has 5 heterocycles. The Kier molecular flexibility index (Phi) is 14.7. The van der Waals surface area contributed by atoms with E-state index in [0.29, 0.717) is 46.3 Å². The Hall–Kier alpha value is -3.41. The topological polar surface area (TPSA) is 121 Å². The number of anilines is 2. The van der Waals surface area contributed by atoms with Gasteiger partial charge in [0.05, 0.1) is 18.0 Å². The number of fused-ring (bicyclic) bond motifs is 2. The summed E-state index contributed by atoms with van der Waals surface area (Å²) < 4.78 is 12.1. The molecule has 1 amide bonds. The number of phenols is 1. The number of benzene rings is 1. The van der Waals surface area contributed by atoms with Crippen LogP contribution >= 0.6 is 0 Å². The van der Waals surface area contributed by atoms with Crippen molar-refractivity contribution in [3.63, 3.8) is 0 Å². The van der Waals surface area contributed by atoms with Crippen LogP contribution in [0.15, 0.2) is 43.0 Å². The van der Waals surface area contributed by atoms with Crippen LogP contribution in [0.1, 0.15) is 100 Å². The number of phenolic OH excluding ortho intramolecular Hbond substituents is 1. The van der Waals surface area contributed by atoms with Gasteiger partial charge in [0.1, 0.15) is 17.0 Å². The number of hydrogen-bond donors (Lipinski definition) is 2. The first-order valence-electron chi connectivity index (χ1n) is 21.6. The number of amides is 1. The van der Waals surface area contributed by atoms with Gasteiger partial charge in [-0.25, -0.2) is 4.79 Å². The Morgan fingerprint density at radius 2 is 1.64 bits per heavy atom. The van der Waals surface area contributed by atoms with Crippen LogP contribution in [0.5, 0.6) is 5.75 Å². The lowest BCUT2D eigenvalue weighted by molar-refractivity contribution is -0.203. The Labute approximate surface area is 338 Å². The third-order valence-corrected chi connectivity index (χ3v) is 12.5. The number of carbonyl (C=O) groups is 1. The molecule has 4 aliphatic heterocycles. The number of carbonyl (C=O) groups excluding carboxylic acids is 1. The van der Waals surface area contributed by atoms with Gasteiger partial charge in [0.15, 0.2) is 5.82 Å². The van der Waals surface area contributed by atoms with Crippen molar-refractivity contribution in [3.8, 4) is 17.0 Å². The van der Waals surface area contributed by atoms with Gasteiger partial charge in [0.25, 0.3) is 0 Å². The van der Waals surface area contributed by atoms with Crippen molar-refractivity contribution in [3.05, 3.63) is 43.0 Å². The number of piperidine rings is 2. The lowest BCUT2D eigenvalue weighted by atomic mass is 9.60. The first kappa shape index (κ1) is 43.7. The van der Waals surface area contributed by atoms with Gasteiger partial charge in [-0.3, -0.25) is 9.80 Å². The van der Waals surface area contributed by atoms with Crippen LogP contribution < -0.4 is 10.6 Å². The summed E-state index contributed by atoms with van der Waals surface area (Å²) in [5, 5.41) is 19.0. The summed E-state index contributed by atoms with van der Waals surface area (Å²) in [6.45, 7) is 29.1. The third kappa shape index (κ3) is 10.2. The Bertz CT molecular complexity index is 1560. The Balaban J connectivity index is 0.000000697. The molecule has 312 valence electrons. The molecule has 2 aromatic rings. The highest BCUT2D eigenvalue weighted by Crippen LogP contribution is 2.52. The number of allylic oxidation sites excluding steroid dienone is 1. The number of aromatic hydroxyl groups is 1. The minimum atomic E-state index is -0.442. The van der Waals surface area contributed by atoms with Crippen molar-refractivity contribution < 1.29 is 19.4 Å². The first-order valence-corrected chi connectivity index (χ1v) is 21.6. The van der Waals surface area contributed by atoms with Gasteiger partial charge >= 0.3 is 6.09 Å². The second kappa shape index (κ2) is 18.9. The number of para-hydroxylation sites is 1. The average molecular weight is 776 g/mol. The number of hydrogen-bond acceptors (Lipinski definition) is 10. The van der Waals surface area contributed by atoms with Crippen molar-refractivity contribution in [1.82, 2.24) is 24.9 Å². The van der Waals surface area contributed by atoms with Crippen molar-refractivity contribution in [1.29, 1.82) is 0 Å². The molecule has 2 aliphatic carbocycles. The molecule has 56 heavy (non-hydrogen) atoms. The maximum absolute atomic E-state index is 12.6. The van der Waals surface area contributed by atoms with E-state index in [1.54, 1.807) is 12.1 Å². The van der Waals surface area contributed by atoms with Gasteiger partial charge in [-0.15, -0.1) is 16.8 Å². The zero-order valence-electron chi connectivity index (χ0n) is 35.9. The van der Waals surface area contributed by atoms with Crippen LogP contribution in [0.25, 0.3) is 11.3 Å². The molecule has 2 saturated carbocycles. The predicted molar refractivity (Wildman–Crippen MR) is 228 cm³/mol. The SMILES string of the molecule is C=CC.CC.CC(C)(C)OC(=O)N1CCC2(CC1)CC(N1CCOC3(CN(CC4C5CCC4CN(c4cc(-c6ccccc6O)nnc4N)C5)C3)C1)C2.CCC. The number of morpholine rings is 1. The van der Waals surface area contributed by atoms with E-state index in [2.05, 4.69) is 45.3 Å². The number of nitrogen functional groups attached to an aromatic ring is 1. The Morgan fingerprint density at radius 1 is 1.04 bits per heavy atom. The summed E-state index contributed by atoms with van der Waals surface area (Å²) >= 11 is 0. The van der Waals surface area contributed by atoms with Crippen LogP contribution in [0.4, 0.5) is 16.3 Å².